The summed E-state index contributed by atoms with van der Waals surface area (Å²) in [6.07, 6.45) is -2.67. The number of carbonyl (C=O) groups excluding carboxylic acids is 3. The van der Waals surface area contributed by atoms with Crippen LogP contribution >= 0.6 is 0 Å². The molecule has 0 aliphatic heterocycles. The summed E-state index contributed by atoms with van der Waals surface area (Å²) in [4.78, 5) is 50.5. The van der Waals surface area contributed by atoms with Crippen LogP contribution in [-0.4, -0.2) is 80.5 Å². The minimum atomic E-state index is -1.62. The first-order chi connectivity index (χ1) is 17.9. The lowest BCUT2D eigenvalue weighted by Crippen LogP contribution is -2.59. The third kappa shape index (κ3) is 9.14. The number of phenolic OH excluding ortho intramolecular Hbond substituents is 1. The van der Waals surface area contributed by atoms with Crippen LogP contribution in [0.4, 0.5) is 0 Å². The maximum absolute atomic E-state index is 13.4. The van der Waals surface area contributed by atoms with Gasteiger partial charge in [-0.2, -0.15) is 0 Å². The maximum Gasteiger partial charge on any atom is 0.328 e. The van der Waals surface area contributed by atoms with Crippen LogP contribution in [0.2, 0.25) is 0 Å². The van der Waals surface area contributed by atoms with E-state index in [0.717, 1.165) is 0 Å². The molecule has 12 heteroatoms. The number of nitrogens with one attached hydrogen (secondary N) is 3. The van der Waals surface area contributed by atoms with Crippen LogP contribution in [0.15, 0.2) is 54.6 Å². The number of phenols is 1. The zero-order chi connectivity index (χ0) is 28.4. The number of aliphatic carboxylic acids is 1. The van der Waals surface area contributed by atoms with Crippen molar-refractivity contribution in [2.75, 3.05) is 0 Å². The Bertz CT molecular complexity index is 1090. The van der Waals surface area contributed by atoms with Crippen molar-refractivity contribution in [3.8, 4) is 5.75 Å². The zero-order valence-corrected chi connectivity index (χ0v) is 21.1. The minimum Gasteiger partial charge on any atom is -0.508 e. The van der Waals surface area contributed by atoms with E-state index >= 15 is 0 Å². The standard InChI is InChI=1S/C26H34N4O8/c1-14(31)21(27)25(36)29-19(13-17-8-10-18(33)11-9-17)23(34)28-20(12-16-6-4-3-5-7-16)24(35)30-22(15(2)32)26(37)38/h3-11,14-15,19-22,31-33H,12-13,27H2,1-2H3,(H,28,34)(H,29,36)(H,30,35)(H,37,38). The van der Waals surface area contributed by atoms with E-state index in [4.69, 9.17) is 5.73 Å². The van der Waals surface area contributed by atoms with Gasteiger partial charge in [0.25, 0.3) is 0 Å². The minimum absolute atomic E-state index is 0.000562. The largest absolute Gasteiger partial charge is 0.508 e. The Balaban J connectivity index is 2.33. The topological polar surface area (TPSA) is 211 Å². The van der Waals surface area contributed by atoms with Crippen LogP contribution < -0.4 is 21.7 Å². The Morgan fingerprint density at radius 2 is 1.21 bits per heavy atom. The summed E-state index contributed by atoms with van der Waals surface area (Å²) in [5, 5.41) is 45.6. The van der Waals surface area contributed by atoms with E-state index in [1.807, 2.05) is 0 Å². The average Bonchev–Trinajstić information content (AvgIpc) is 2.87. The highest BCUT2D eigenvalue weighted by Crippen LogP contribution is 2.12. The summed E-state index contributed by atoms with van der Waals surface area (Å²) in [5.41, 5.74) is 6.94. The second-order valence-corrected chi connectivity index (χ2v) is 9.01. The quantitative estimate of drug-likeness (QED) is 0.156. The van der Waals surface area contributed by atoms with Gasteiger partial charge in [0.05, 0.1) is 12.2 Å². The fourth-order valence-electron chi connectivity index (χ4n) is 3.54. The second-order valence-electron chi connectivity index (χ2n) is 9.01. The first kappa shape index (κ1) is 30.2. The number of rotatable bonds is 13. The van der Waals surface area contributed by atoms with Gasteiger partial charge < -0.3 is 42.1 Å². The van der Waals surface area contributed by atoms with Crippen molar-refractivity contribution in [3.05, 3.63) is 65.7 Å². The van der Waals surface area contributed by atoms with Crippen LogP contribution in [0, 0.1) is 0 Å². The van der Waals surface area contributed by atoms with Crippen molar-refractivity contribution in [2.45, 2.75) is 63.1 Å². The van der Waals surface area contributed by atoms with Gasteiger partial charge in [-0.25, -0.2) is 4.79 Å². The van der Waals surface area contributed by atoms with Gasteiger partial charge >= 0.3 is 5.97 Å². The summed E-state index contributed by atoms with van der Waals surface area (Å²) in [6.45, 7) is 2.53. The van der Waals surface area contributed by atoms with E-state index in [-0.39, 0.29) is 18.6 Å². The number of nitrogens with two attached hydrogens (primary N) is 1. The molecule has 2 aromatic carbocycles. The highest BCUT2D eigenvalue weighted by molar-refractivity contribution is 5.94. The fraction of sp³-hybridized carbons (Fsp3) is 0.385. The first-order valence-corrected chi connectivity index (χ1v) is 12.0. The molecule has 0 saturated carbocycles. The molecule has 0 spiro atoms. The van der Waals surface area contributed by atoms with E-state index < -0.39 is 60.1 Å². The SMILES string of the molecule is CC(O)C(N)C(=O)NC(Cc1ccc(O)cc1)C(=O)NC(Cc1ccccc1)C(=O)NC(C(=O)O)C(C)O. The normalized spacial score (nSPS) is 15.7. The number of amides is 3. The molecule has 0 aliphatic rings. The molecule has 206 valence electrons. The molecule has 2 rings (SSSR count). The molecule has 0 heterocycles. The van der Waals surface area contributed by atoms with Gasteiger partial charge in [-0.15, -0.1) is 0 Å². The van der Waals surface area contributed by atoms with Gasteiger partial charge in [0, 0.05) is 12.8 Å². The Morgan fingerprint density at radius 3 is 1.68 bits per heavy atom. The highest BCUT2D eigenvalue weighted by atomic mass is 16.4. The van der Waals surface area contributed by atoms with Crippen molar-refractivity contribution in [2.24, 2.45) is 5.73 Å². The van der Waals surface area contributed by atoms with E-state index in [1.165, 1.54) is 26.0 Å². The van der Waals surface area contributed by atoms with Gasteiger partial charge in [-0.3, -0.25) is 14.4 Å². The Morgan fingerprint density at radius 1 is 0.737 bits per heavy atom. The molecule has 6 atom stereocenters. The van der Waals surface area contributed by atoms with Crippen molar-refractivity contribution in [1.82, 2.24) is 16.0 Å². The molecule has 0 bridgehead atoms. The van der Waals surface area contributed by atoms with Crippen LogP contribution in [0.1, 0.15) is 25.0 Å². The monoisotopic (exact) mass is 530 g/mol. The molecule has 0 fully saturated rings. The van der Waals surface area contributed by atoms with Crippen LogP contribution in [0.3, 0.4) is 0 Å². The lowest BCUT2D eigenvalue weighted by molar-refractivity contribution is -0.145. The number of hydrogen-bond acceptors (Lipinski definition) is 8. The maximum atomic E-state index is 13.4. The second kappa shape index (κ2) is 14.1. The lowest BCUT2D eigenvalue weighted by Gasteiger charge is -2.26. The Kier molecular flexibility index (Phi) is 11.2. The molecular weight excluding hydrogens is 496 g/mol. The predicted molar refractivity (Wildman–Crippen MR) is 137 cm³/mol. The van der Waals surface area contributed by atoms with Crippen LogP contribution in [0.25, 0.3) is 0 Å². The van der Waals surface area contributed by atoms with Gasteiger partial charge in [-0.05, 0) is 37.1 Å². The summed E-state index contributed by atoms with van der Waals surface area (Å²) in [6, 6.07) is 9.11. The number of carboxylic acid groups (broad SMARTS) is 1. The molecule has 9 N–H and O–H groups in total. The summed E-state index contributed by atoms with van der Waals surface area (Å²) in [7, 11) is 0. The van der Waals surface area contributed by atoms with Crippen molar-refractivity contribution >= 4 is 23.7 Å². The molecule has 12 nitrogen and oxygen atoms in total. The fourth-order valence-corrected chi connectivity index (χ4v) is 3.54. The number of aromatic hydroxyl groups is 1. The molecule has 0 aromatic heterocycles. The molecular formula is C26H34N4O8. The molecule has 0 aliphatic carbocycles. The third-order valence-electron chi connectivity index (χ3n) is 5.79. The Labute approximate surface area is 219 Å². The van der Waals surface area contributed by atoms with Gasteiger partial charge in [0.1, 0.15) is 23.9 Å². The first-order valence-electron chi connectivity index (χ1n) is 12.0. The van der Waals surface area contributed by atoms with E-state index in [2.05, 4.69) is 16.0 Å². The number of aliphatic hydroxyl groups is 2. The summed E-state index contributed by atoms with van der Waals surface area (Å²) >= 11 is 0. The van der Waals surface area contributed by atoms with E-state index in [9.17, 15) is 39.6 Å². The highest BCUT2D eigenvalue weighted by Gasteiger charge is 2.32. The van der Waals surface area contributed by atoms with Crippen molar-refractivity contribution < 1.29 is 39.6 Å². The zero-order valence-electron chi connectivity index (χ0n) is 21.1. The van der Waals surface area contributed by atoms with Crippen LogP contribution in [-0.2, 0) is 32.0 Å². The van der Waals surface area contributed by atoms with E-state index in [1.54, 1.807) is 42.5 Å². The van der Waals surface area contributed by atoms with Crippen molar-refractivity contribution in [3.63, 3.8) is 0 Å². The summed E-state index contributed by atoms with van der Waals surface area (Å²) < 4.78 is 0. The average molecular weight is 531 g/mol. The van der Waals surface area contributed by atoms with E-state index in [0.29, 0.717) is 11.1 Å². The number of carbonyl (C=O) groups is 4. The Hall–Kier alpha value is -4.00. The van der Waals surface area contributed by atoms with Gasteiger partial charge in [-0.1, -0.05) is 42.5 Å². The summed E-state index contributed by atoms with van der Waals surface area (Å²) in [5.74, 6) is -3.89. The molecule has 3 amide bonds. The van der Waals surface area contributed by atoms with Crippen LogP contribution in [0.5, 0.6) is 5.75 Å². The number of aliphatic hydroxyl groups excluding tert-OH is 2. The smallest absolute Gasteiger partial charge is 0.328 e. The van der Waals surface area contributed by atoms with Gasteiger partial charge in [0.15, 0.2) is 6.04 Å². The lowest BCUT2D eigenvalue weighted by atomic mass is 10.0. The third-order valence-corrected chi connectivity index (χ3v) is 5.79. The molecule has 6 unspecified atom stereocenters. The number of benzene rings is 2. The molecule has 38 heavy (non-hydrogen) atoms. The molecule has 2 aromatic rings. The number of carboxylic acids is 1. The predicted octanol–water partition coefficient (Wildman–Crippen LogP) is -1.19. The van der Waals surface area contributed by atoms with Gasteiger partial charge in [0.2, 0.25) is 17.7 Å². The molecule has 0 saturated heterocycles. The number of hydrogen-bond donors (Lipinski definition) is 8. The van der Waals surface area contributed by atoms with Crippen molar-refractivity contribution in [1.29, 1.82) is 0 Å². The molecule has 0 radical (unpaired) electrons.